The van der Waals surface area contributed by atoms with Crippen molar-refractivity contribution in [3.63, 3.8) is 0 Å². The summed E-state index contributed by atoms with van der Waals surface area (Å²) in [6.45, 7) is 0.164. The van der Waals surface area contributed by atoms with Crippen molar-refractivity contribution in [1.82, 2.24) is 14.6 Å². The minimum Gasteiger partial charge on any atom is -0.457 e. The molecule has 6 rings (SSSR count). The summed E-state index contributed by atoms with van der Waals surface area (Å²) in [5, 5.41) is 8.82. The van der Waals surface area contributed by atoms with E-state index in [1.807, 2.05) is 24.3 Å². The fourth-order valence-electron chi connectivity index (χ4n) is 3.68. The van der Waals surface area contributed by atoms with Gasteiger partial charge in [0, 0.05) is 23.1 Å². The van der Waals surface area contributed by atoms with Gasteiger partial charge >= 0.3 is 0 Å². The SMILES string of the molecule is O=c1c(Cc2ccc3c(c2)OCO3)nnc2s/c(=C\c3ccc(-c4ccc(Cl)cc4)o3)c(=O)n12. The van der Waals surface area contributed by atoms with Gasteiger partial charge in [-0.25, -0.2) is 4.40 Å². The molecule has 0 unspecified atom stereocenters. The van der Waals surface area contributed by atoms with E-state index in [1.165, 1.54) is 0 Å². The highest BCUT2D eigenvalue weighted by atomic mass is 35.5. The number of rotatable bonds is 4. The van der Waals surface area contributed by atoms with E-state index in [4.69, 9.17) is 25.5 Å². The van der Waals surface area contributed by atoms with Gasteiger partial charge in [0.1, 0.15) is 21.7 Å². The highest BCUT2D eigenvalue weighted by Gasteiger charge is 2.17. The summed E-state index contributed by atoms with van der Waals surface area (Å²) in [5.41, 5.74) is 0.871. The number of halogens is 1. The van der Waals surface area contributed by atoms with Crippen LogP contribution in [-0.4, -0.2) is 21.4 Å². The maximum atomic E-state index is 13.0. The molecule has 0 bridgehead atoms. The van der Waals surface area contributed by atoms with Gasteiger partial charge in [-0.15, -0.1) is 10.2 Å². The summed E-state index contributed by atoms with van der Waals surface area (Å²) in [4.78, 5) is 26.3. The molecule has 5 aromatic rings. The van der Waals surface area contributed by atoms with Crippen molar-refractivity contribution in [3.8, 4) is 22.8 Å². The average molecular weight is 492 g/mol. The number of hydrogen-bond acceptors (Lipinski definition) is 8. The van der Waals surface area contributed by atoms with Gasteiger partial charge in [-0.2, -0.15) is 0 Å². The molecule has 0 radical (unpaired) electrons. The maximum Gasteiger partial charge on any atom is 0.283 e. The van der Waals surface area contributed by atoms with Gasteiger partial charge < -0.3 is 13.9 Å². The van der Waals surface area contributed by atoms with Crippen LogP contribution in [0, 0.1) is 0 Å². The number of hydrogen-bond donors (Lipinski definition) is 0. The molecule has 34 heavy (non-hydrogen) atoms. The van der Waals surface area contributed by atoms with Gasteiger partial charge in [0.25, 0.3) is 11.1 Å². The monoisotopic (exact) mass is 491 g/mol. The Labute approximate surface area is 200 Å². The third-order valence-corrected chi connectivity index (χ3v) is 6.56. The van der Waals surface area contributed by atoms with Gasteiger partial charge in [0.2, 0.25) is 11.8 Å². The van der Waals surface area contributed by atoms with Gasteiger partial charge in [0.15, 0.2) is 11.5 Å². The zero-order valence-electron chi connectivity index (χ0n) is 17.4. The van der Waals surface area contributed by atoms with E-state index in [9.17, 15) is 9.59 Å². The van der Waals surface area contributed by atoms with Gasteiger partial charge in [-0.3, -0.25) is 9.59 Å². The average Bonchev–Trinajstić information content (AvgIpc) is 3.56. The number of furan rings is 1. The predicted octanol–water partition coefficient (Wildman–Crippen LogP) is 3.29. The Morgan fingerprint density at radius 2 is 1.79 bits per heavy atom. The molecular weight excluding hydrogens is 478 g/mol. The number of benzene rings is 2. The molecule has 0 aliphatic carbocycles. The van der Waals surface area contributed by atoms with Crippen LogP contribution in [0.4, 0.5) is 0 Å². The summed E-state index contributed by atoms with van der Waals surface area (Å²) in [6, 6.07) is 16.2. The Bertz CT molecular complexity index is 1720. The summed E-state index contributed by atoms with van der Waals surface area (Å²) < 4.78 is 17.9. The van der Waals surface area contributed by atoms with Crippen molar-refractivity contribution in [2.75, 3.05) is 6.79 Å². The molecule has 168 valence electrons. The first-order valence-electron chi connectivity index (χ1n) is 10.2. The number of fused-ring (bicyclic) bond motifs is 2. The number of nitrogens with zero attached hydrogens (tertiary/aromatic N) is 3. The zero-order valence-corrected chi connectivity index (χ0v) is 18.9. The lowest BCUT2D eigenvalue weighted by Crippen LogP contribution is -2.33. The fourth-order valence-corrected chi connectivity index (χ4v) is 4.69. The first-order valence-corrected chi connectivity index (χ1v) is 11.4. The smallest absolute Gasteiger partial charge is 0.283 e. The molecule has 0 N–H and O–H groups in total. The second-order valence-corrected chi connectivity index (χ2v) is 9.00. The molecular formula is C24H14ClN3O5S. The first kappa shape index (κ1) is 20.6. The molecule has 0 amide bonds. The number of aromatic nitrogens is 3. The lowest BCUT2D eigenvalue weighted by atomic mass is 10.1. The van der Waals surface area contributed by atoms with Crippen molar-refractivity contribution in [2.24, 2.45) is 0 Å². The Hall–Kier alpha value is -3.95. The van der Waals surface area contributed by atoms with Crippen LogP contribution in [0.25, 0.3) is 22.4 Å². The summed E-state index contributed by atoms with van der Waals surface area (Å²) in [5.74, 6) is 2.38. The number of thiazole rings is 1. The van der Waals surface area contributed by atoms with Gasteiger partial charge in [-0.1, -0.05) is 29.0 Å². The van der Waals surface area contributed by atoms with Crippen molar-refractivity contribution < 1.29 is 13.9 Å². The summed E-state index contributed by atoms with van der Waals surface area (Å²) in [6.07, 6.45) is 1.81. The van der Waals surface area contributed by atoms with Crippen molar-refractivity contribution in [1.29, 1.82) is 0 Å². The standard InChI is InChI=1S/C24H14ClN3O5S/c25-15-4-2-14(3-5-15)18-8-6-16(33-18)11-21-23(30)28-22(29)17(26-27-24(28)34-21)9-13-1-7-19-20(10-13)32-12-31-19/h1-8,10-11H,9,12H2/b21-11-. The van der Waals surface area contributed by atoms with Crippen molar-refractivity contribution in [2.45, 2.75) is 6.42 Å². The van der Waals surface area contributed by atoms with Crippen LogP contribution >= 0.6 is 22.9 Å². The summed E-state index contributed by atoms with van der Waals surface area (Å²) >= 11 is 7.02. The van der Waals surface area contributed by atoms with Crippen LogP contribution in [-0.2, 0) is 6.42 Å². The van der Waals surface area contributed by atoms with Crippen LogP contribution in [0.15, 0.2) is 68.6 Å². The molecule has 1 aliphatic heterocycles. The lowest BCUT2D eigenvalue weighted by molar-refractivity contribution is 0.174. The minimum absolute atomic E-state index is 0.164. The fraction of sp³-hybridized carbons (Fsp3) is 0.0833. The third-order valence-electron chi connectivity index (χ3n) is 5.35. The molecule has 2 aromatic carbocycles. The topological polar surface area (TPSA) is 95.9 Å². The third kappa shape index (κ3) is 3.64. The first-order chi connectivity index (χ1) is 16.5. The lowest BCUT2D eigenvalue weighted by Gasteiger charge is -2.02. The van der Waals surface area contributed by atoms with E-state index in [2.05, 4.69) is 10.2 Å². The Balaban J connectivity index is 1.35. The highest BCUT2D eigenvalue weighted by Crippen LogP contribution is 2.32. The van der Waals surface area contributed by atoms with Crippen LogP contribution in [0.2, 0.25) is 5.02 Å². The normalized spacial score (nSPS) is 13.1. The second kappa shape index (κ2) is 8.12. The van der Waals surface area contributed by atoms with E-state index in [1.54, 1.807) is 36.4 Å². The minimum atomic E-state index is -0.495. The molecule has 4 heterocycles. The Morgan fingerprint density at radius 3 is 2.65 bits per heavy atom. The van der Waals surface area contributed by atoms with E-state index in [-0.39, 0.29) is 23.9 Å². The molecule has 0 fully saturated rings. The Kier molecular flexibility index (Phi) is 4.93. The van der Waals surface area contributed by atoms with E-state index in [0.29, 0.717) is 32.6 Å². The largest absolute Gasteiger partial charge is 0.457 e. The predicted molar refractivity (Wildman–Crippen MR) is 127 cm³/mol. The van der Waals surface area contributed by atoms with E-state index < -0.39 is 11.1 Å². The van der Waals surface area contributed by atoms with E-state index >= 15 is 0 Å². The molecule has 3 aromatic heterocycles. The molecule has 8 nitrogen and oxygen atoms in total. The van der Waals surface area contributed by atoms with Gasteiger partial charge in [0.05, 0.1) is 0 Å². The van der Waals surface area contributed by atoms with Crippen molar-refractivity contribution >= 4 is 34.0 Å². The molecule has 1 aliphatic rings. The van der Waals surface area contributed by atoms with Crippen LogP contribution in [0.3, 0.4) is 0 Å². The van der Waals surface area contributed by atoms with E-state index in [0.717, 1.165) is 26.9 Å². The van der Waals surface area contributed by atoms with Crippen LogP contribution in [0.5, 0.6) is 11.5 Å². The van der Waals surface area contributed by atoms with Crippen LogP contribution in [0.1, 0.15) is 17.0 Å². The molecule has 10 heteroatoms. The molecule has 0 spiro atoms. The molecule has 0 saturated heterocycles. The quantitative estimate of drug-likeness (QED) is 0.380. The van der Waals surface area contributed by atoms with Crippen molar-refractivity contribution in [3.05, 3.63) is 102 Å². The number of ether oxygens (including phenoxy) is 2. The summed E-state index contributed by atoms with van der Waals surface area (Å²) in [7, 11) is 0. The Morgan fingerprint density at radius 1 is 0.971 bits per heavy atom. The van der Waals surface area contributed by atoms with Crippen LogP contribution < -0.4 is 25.1 Å². The molecule has 0 saturated carbocycles. The maximum absolute atomic E-state index is 13.0. The second-order valence-electron chi connectivity index (χ2n) is 7.56. The van der Waals surface area contributed by atoms with Gasteiger partial charge in [-0.05, 0) is 54.1 Å². The highest BCUT2D eigenvalue weighted by molar-refractivity contribution is 7.15. The molecule has 0 atom stereocenters. The zero-order chi connectivity index (χ0) is 23.2.